The van der Waals surface area contributed by atoms with Gasteiger partial charge in [0.25, 0.3) is 5.91 Å². The van der Waals surface area contributed by atoms with Crippen molar-refractivity contribution in [3.8, 4) is 11.5 Å². The van der Waals surface area contributed by atoms with E-state index in [0.717, 1.165) is 11.4 Å². The molecule has 120 valence electrons. The summed E-state index contributed by atoms with van der Waals surface area (Å²) in [5.41, 5.74) is 1.16. The zero-order chi connectivity index (χ0) is 16.7. The number of nitrogens with one attached hydrogen (secondary N) is 2. The zero-order valence-corrected chi connectivity index (χ0v) is 13.8. The molecule has 0 aromatic heterocycles. The van der Waals surface area contributed by atoms with Crippen LogP contribution >= 0.6 is 12.2 Å². The predicted molar refractivity (Wildman–Crippen MR) is 94.3 cm³/mol. The van der Waals surface area contributed by atoms with Crippen molar-refractivity contribution in [2.45, 2.75) is 6.92 Å². The second-order valence-electron chi connectivity index (χ2n) is 4.57. The molecule has 0 unspecified atom stereocenters. The average molecular weight is 330 g/mol. The van der Waals surface area contributed by atoms with Crippen LogP contribution < -0.4 is 20.1 Å². The molecule has 23 heavy (non-hydrogen) atoms. The summed E-state index contributed by atoms with van der Waals surface area (Å²) in [4.78, 5) is 12.3. The normalized spacial score (nSPS) is 9.83. The topological polar surface area (TPSA) is 59.6 Å². The highest BCUT2D eigenvalue weighted by atomic mass is 32.1. The van der Waals surface area contributed by atoms with E-state index in [1.165, 1.54) is 7.11 Å². The van der Waals surface area contributed by atoms with Crippen LogP contribution in [0.1, 0.15) is 17.3 Å². The lowest BCUT2D eigenvalue weighted by atomic mass is 10.2. The minimum atomic E-state index is -0.332. The molecule has 2 aromatic rings. The minimum Gasteiger partial charge on any atom is -0.496 e. The first-order chi connectivity index (χ1) is 11.1. The van der Waals surface area contributed by atoms with Crippen molar-refractivity contribution in [1.82, 2.24) is 5.32 Å². The first kappa shape index (κ1) is 16.8. The largest absolute Gasteiger partial charge is 0.496 e. The maximum Gasteiger partial charge on any atom is 0.261 e. The molecule has 6 heteroatoms. The van der Waals surface area contributed by atoms with Crippen LogP contribution in [-0.2, 0) is 0 Å². The molecule has 0 atom stereocenters. The number of thiocarbonyl (C=S) groups is 1. The Morgan fingerprint density at radius 2 is 1.96 bits per heavy atom. The van der Waals surface area contributed by atoms with Crippen molar-refractivity contribution in [2.75, 3.05) is 19.0 Å². The number of hydrogen-bond acceptors (Lipinski definition) is 4. The van der Waals surface area contributed by atoms with Crippen molar-refractivity contribution in [1.29, 1.82) is 0 Å². The van der Waals surface area contributed by atoms with Gasteiger partial charge in [-0.2, -0.15) is 0 Å². The fourth-order valence-electron chi connectivity index (χ4n) is 2.00. The fourth-order valence-corrected chi connectivity index (χ4v) is 2.21. The molecule has 0 radical (unpaired) electrons. The smallest absolute Gasteiger partial charge is 0.261 e. The van der Waals surface area contributed by atoms with Gasteiger partial charge in [0.15, 0.2) is 5.11 Å². The van der Waals surface area contributed by atoms with Crippen molar-refractivity contribution in [3.05, 3.63) is 54.1 Å². The number of amides is 1. The van der Waals surface area contributed by atoms with E-state index in [2.05, 4.69) is 10.6 Å². The van der Waals surface area contributed by atoms with Crippen LogP contribution in [0.5, 0.6) is 11.5 Å². The Morgan fingerprint density at radius 3 is 2.70 bits per heavy atom. The second kappa shape index (κ2) is 8.14. The Labute approximate surface area is 140 Å². The van der Waals surface area contributed by atoms with Gasteiger partial charge in [0.1, 0.15) is 11.5 Å². The van der Waals surface area contributed by atoms with E-state index in [0.29, 0.717) is 17.9 Å². The molecular weight excluding hydrogens is 312 g/mol. The van der Waals surface area contributed by atoms with Crippen molar-refractivity contribution >= 4 is 28.9 Å². The minimum absolute atomic E-state index is 0.203. The third-order valence-electron chi connectivity index (χ3n) is 2.98. The first-order valence-corrected chi connectivity index (χ1v) is 7.53. The summed E-state index contributed by atoms with van der Waals surface area (Å²) in [6.45, 7) is 2.50. The summed E-state index contributed by atoms with van der Waals surface area (Å²) in [6.07, 6.45) is 0. The van der Waals surface area contributed by atoms with Gasteiger partial charge in [0.2, 0.25) is 0 Å². The van der Waals surface area contributed by atoms with E-state index in [4.69, 9.17) is 21.7 Å². The Bertz CT molecular complexity index is 704. The molecule has 0 bridgehead atoms. The van der Waals surface area contributed by atoms with Gasteiger partial charge in [0.05, 0.1) is 19.3 Å². The Kier molecular flexibility index (Phi) is 5.94. The summed E-state index contributed by atoms with van der Waals surface area (Å²) in [5, 5.41) is 5.79. The number of methoxy groups -OCH3 is 1. The summed E-state index contributed by atoms with van der Waals surface area (Å²) in [7, 11) is 1.52. The summed E-state index contributed by atoms with van der Waals surface area (Å²) < 4.78 is 10.6. The third kappa shape index (κ3) is 4.69. The third-order valence-corrected chi connectivity index (χ3v) is 3.19. The molecule has 2 rings (SSSR count). The Morgan fingerprint density at radius 1 is 1.17 bits per heavy atom. The molecule has 0 heterocycles. The number of ether oxygens (including phenoxy) is 2. The lowest BCUT2D eigenvalue weighted by Gasteiger charge is -2.12. The van der Waals surface area contributed by atoms with Crippen molar-refractivity contribution in [2.24, 2.45) is 0 Å². The molecule has 2 N–H and O–H groups in total. The van der Waals surface area contributed by atoms with Gasteiger partial charge in [-0.25, -0.2) is 0 Å². The SMILES string of the molecule is CCOc1cccc(NC(=S)NC(=O)c2ccccc2OC)c1. The van der Waals surface area contributed by atoms with E-state index < -0.39 is 0 Å². The fraction of sp³-hybridized carbons (Fsp3) is 0.176. The highest BCUT2D eigenvalue weighted by molar-refractivity contribution is 7.80. The average Bonchev–Trinajstić information content (AvgIpc) is 2.55. The Hall–Kier alpha value is -2.60. The maximum atomic E-state index is 12.3. The molecule has 0 saturated carbocycles. The standard InChI is InChI=1S/C17H18N2O3S/c1-3-22-13-8-6-7-12(11-13)18-17(23)19-16(20)14-9-4-5-10-15(14)21-2/h4-11H,3H2,1-2H3,(H2,18,19,20,23). The van der Waals surface area contributed by atoms with Crippen molar-refractivity contribution < 1.29 is 14.3 Å². The highest BCUT2D eigenvalue weighted by Gasteiger charge is 2.12. The summed E-state index contributed by atoms with van der Waals surface area (Å²) in [6, 6.07) is 14.3. The van der Waals surface area contributed by atoms with Crippen LogP contribution in [0, 0.1) is 0 Å². The van der Waals surface area contributed by atoms with Gasteiger partial charge < -0.3 is 14.8 Å². The van der Waals surface area contributed by atoms with E-state index in [1.54, 1.807) is 24.3 Å². The molecule has 0 fully saturated rings. The number of carbonyl (C=O) groups excluding carboxylic acids is 1. The van der Waals surface area contributed by atoms with Crippen LogP contribution in [0.2, 0.25) is 0 Å². The number of anilines is 1. The highest BCUT2D eigenvalue weighted by Crippen LogP contribution is 2.18. The van der Waals surface area contributed by atoms with E-state index >= 15 is 0 Å². The number of rotatable bonds is 5. The van der Waals surface area contributed by atoms with Gasteiger partial charge in [-0.1, -0.05) is 18.2 Å². The molecular formula is C17H18N2O3S. The molecule has 1 amide bonds. The van der Waals surface area contributed by atoms with Crippen LogP contribution in [0.25, 0.3) is 0 Å². The molecule has 0 aliphatic rings. The monoisotopic (exact) mass is 330 g/mol. The lowest BCUT2D eigenvalue weighted by molar-refractivity contribution is 0.0975. The molecule has 0 aliphatic heterocycles. The summed E-state index contributed by atoms with van der Waals surface area (Å²) in [5.74, 6) is 0.892. The maximum absolute atomic E-state index is 12.3. The molecule has 2 aromatic carbocycles. The molecule has 0 aliphatic carbocycles. The molecule has 0 spiro atoms. The van der Waals surface area contributed by atoms with Crippen LogP contribution in [0.15, 0.2) is 48.5 Å². The van der Waals surface area contributed by atoms with E-state index in [1.807, 2.05) is 31.2 Å². The lowest BCUT2D eigenvalue weighted by Crippen LogP contribution is -2.34. The molecule has 0 saturated heterocycles. The van der Waals surface area contributed by atoms with Crippen LogP contribution in [-0.4, -0.2) is 24.7 Å². The van der Waals surface area contributed by atoms with Crippen LogP contribution in [0.4, 0.5) is 5.69 Å². The van der Waals surface area contributed by atoms with Gasteiger partial charge in [-0.05, 0) is 43.4 Å². The van der Waals surface area contributed by atoms with E-state index in [-0.39, 0.29) is 11.0 Å². The number of hydrogen-bond donors (Lipinski definition) is 2. The van der Waals surface area contributed by atoms with Gasteiger partial charge >= 0.3 is 0 Å². The van der Waals surface area contributed by atoms with Crippen molar-refractivity contribution in [3.63, 3.8) is 0 Å². The zero-order valence-electron chi connectivity index (χ0n) is 13.0. The number of carbonyl (C=O) groups is 1. The number of benzene rings is 2. The van der Waals surface area contributed by atoms with E-state index in [9.17, 15) is 4.79 Å². The molecule has 5 nitrogen and oxygen atoms in total. The van der Waals surface area contributed by atoms with Gasteiger partial charge in [0, 0.05) is 11.8 Å². The van der Waals surface area contributed by atoms with Gasteiger partial charge in [-0.3, -0.25) is 10.1 Å². The summed E-state index contributed by atoms with van der Waals surface area (Å²) >= 11 is 5.17. The van der Waals surface area contributed by atoms with Crippen LogP contribution in [0.3, 0.4) is 0 Å². The Balaban J connectivity index is 2.02. The quantitative estimate of drug-likeness (QED) is 0.824. The first-order valence-electron chi connectivity index (χ1n) is 7.12. The van der Waals surface area contributed by atoms with Gasteiger partial charge in [-0.15, -0.1) is 0 Å². The predicted octanol–water partition coefficient (Wildman–Crippen LogP) is 3.22. The second-order valence-corrected chi connectivity index (χ2v) is 4.98. The number of para-hydroxylation sites is 1.